The predicted molar refractivity (Wildman–Crippen MR) is 87.6 cm³/mol. The van der Waals surface area contributed by atoms with Gasteiger partial charge in [0.05, 0.1) is 6.42 Å². The first-order valence-electron chi connectivity index (χ1n) is 6.76. The lowest BCUT2D eigenvalue weighted by molar-refractivity contribution is -0.167. The van der Waals surface area contributed by atoms with Crippen LogP contribution in [0.15, 0.2) is 53.0 Å². The molecule has 2 rings (SSSR count). The van der Waals surface area contributed by atoms with Crippen molar-refractivity contribution in [3.8, 4) is 0 Å². The molecule has 8 heteroatoms. The number of halogens is 4. The highest BCUT2D eigenvalue weighted by molar-refractivity contribution is 9.10. The van der Waals surface area contributed by atoms with Gasteiger partial charge in [0, 0.05) is 15.8 Å². The molecular formula is C16H12BrF3N2O2. The number of benzene rings is 2. The van der Waals surface area contributed by atoms with Gasteiger partial charge >= 0.3 is 12.1 Å². The maximum Gasteiger partial charge on any atom is 0.471 e. The summed E-state index contributed by atoms with van der Waals surface area (Å²) in [6, 6.07) is 12.7. The average Bonchev–Trinajstić information content (AvgIpc) is 2.49. The van der Waals surface area contributed by atoms with Crippen LogP contribution in [0.4, 0.5) is 24.5 Å². The van der Waals surface area contributed by atoms with E-state index in [1.54, 1.807) is 29.6 Å². The lowest BCUT2D eigenvalue weighted by atomic mass is 10.1. The molecule has 0 aliphatic rings. The van der Waals surface area contributed by atoms with Crippen molar-refractivity contribution in [3.05, 3.63) is 58.6 Å². The summed E-state index contributed by atoms with van der Waals surface area (Å²) in [6.07, 6.45) is -4.85. The first-order chi connectivity index (χ1) is 11.2. The van der Waals surface area contributed by atoms with Crippen LogP contribution < -0.4 is 10.6 Å². The molecule has 0 aromatic heterocycles. The third-order valence-corrected chi connectivity index (χ3v) is 3.47. The molecule has 0 heterocycles. The summed E-state index contributed by atoms with van der Waals surface area (Å²) in [5, 5.41) is 4.31. The number of amides is 2. The fourth-order valence-corrected chi connectivity index (χ4v) is 2.13. The van der Waals surface area contributed by atoms with Gasteiger partial charge in [0.25, 0.3) is 0 Å². The highest BCUT2D eigenvalue weighted by atomic mass is 79.9. The summed E-state index contributed by atoms with van der Waals surface area (Å²) in [4.78, 5) is 22.9. The third-order valence-electron chi connectivity index (χ3n) is 2.94. The molecule has 0 radical (unpaired) electrons. The molecule has 0 unspecified atom stereocenters. The van der Waals surface area contributed by atoms with Gasteiger partial charge in [-0.05, 0) is 35.9 Å². The minimum absolute atomic E-state index is 0.0567. The van der Waals surface area contributed by atoms with E-state index in [1.807, 2.05) is 0 Å². The Morgan fingerprint density at radius 3 is 2.12 bits per heavy atom. The van der Waals surface area contributed by atoms with Gasteiger partial charge in [0.2, 0.25) is 5.91 Å². The van der Waals surface area contributed by atoms with Gasteiger partial charge in [-0.2, -0.15) is 13.2 Å². The molecule has 126 valence electrons. The van der Waals surface area contributed by atoms with Crippen LogP contribution in [-0.2, 0) is 16.0 Å². The van der Waals surface area contributed by atoms with Gasteiger partial charge in [-0.15, -0.1) is 0 Å². The summed E-state index contributed by atoms with van der Waals surface area (Å²) in [5.74, 6) is -2.39. The molecule has 0 saturated carbocycles. The molecule has 4 nitrogen and oxygen atoms in total. The second-order valence-electron chi connectivity index (χ2n) is 4.88. The van der Waals surface area contributed by atoms with Crippen LogP contribution in [0.5, 0.6) is 0 Å². The van der Waals surface area contributed by atoms with E-state index in [1.165, 1.54) is 24.3 Å². The smallest absolute Gasteiger partial charge is 0.326 e. The van der Waals surface area contributed by atoms with Crippen LogP contribution in [0.2, 0.25) is 0 Å². The lowest BCUT2D eigenvalue weighted by Gasteiger charge is -2.10. The first-order valence-corrected chi connectivity index (χ1v) is 7.56. The van der Waals surface area contributed by atoms with E-state index >= 15 is 0 Å². The summed E-state index contributed by atoms with van der Waals surface area (Å²) in [6.45, 7) is 0. The zero-order chi connectivity index (χ0) is 17.7. The molecule has 2 aromatic carbocycles. The molecule has 2 N–H and O–H groups in total. The summed E-state index contributed by atoms with van der Waals surface area (Å²) in [7, 11) is 0. The first kappa shape index (κ1) is 18.0. The number of alkyl halides is 3. The fourth-order valence-electron chi connectivity index (χ4n) is 1.87. The predicted octanol–water partition coefficient (Wildman–Crippen LogP) is 4.13. The Labute approximate surface area is 144 Å². The maximum absolute atomic E-state index is 12.2. The largest absolute Gasteiger partial charge is 0.471 e. The fraction of sp³-hybridized carbons (Fsp3) is 0.125. The van der Waals surface area contributed by atoms with Crippen LogP contribution in [0.1, 0.15) is 5.56 Å². The van der Waals surface area contributed by atoms with Crippen molar-refractivity contribution in [2.45, 2.75) is 12.6 Å². The Morgan fingerprint density at radius 2 is 1.54 bits per heavy atom. The molecule has 2 amide bonds. The molecule has 0 spiro atoms. The Balaban J connectivity index is 1.99. The van der Waals surface area contributed by atoms with Gasteiger partial charge in [-0.25, -0.2) is 0 Å². The SMILES string of the molecule is O=C(Cc1ccc(Br)cc1)Nc1cccc(NC(=O)C(F)(F)F)c1. The van der Waals surface area contributed by atoms with Gasteiger partial charge in [-0.1, -0.05) is 34.1 Å². The normalized spacial score (nSPS) is 11.0. The molecule has 0 aliphatic carbocycles. The van der Waals surface area contributed by atoms with Crippen molar-refractivity contribution < 1.29 is 22.8 Å². The van der Waals surface area contributed by atoms with Crippen molar-refractivity contribution in [1.82, 2.24) is 0 Å². The highest BCUT2D eigenvalue weighted by Gasteiger charge is 2.38. The molecule has 24 heavy (non-hydrogen) atoms. The van der Waals surface area contributed by atoms with E-state index < -0.39 is 12.1 Å². The van der Waals surface area contributed by atoms with E-state index in [-0.39, 0.29) is 23.7 Å². The lowest BCUT2D eigenvalue weighted by Crippen LogP contribution is -2.29. The molecule has 0 saturated heterocycles. The Morgan fingerprint density at radius 1 is 0.958 bits per heavy atom. The number of anilines is 2. The van der Waals surface area contributed by atoms with Crippen molar-refractivity contribution in [1.29, 1.82) is 0 Å². The summed E-state index contributed by atoms with van der Waals surface area (Å²) in [5.41, 5.74) is 1.02. The van der Waals surface area contributed by atoms with Crippen molar-refractivity contribution in [2.75, 3.05) is 10.6 Å². The van der Waals surface area contributed by atoms with Gasteiger partial charge in [0.1, 0.15) is 0 Å². The molecule has 0 fully saturated rings. The monoisotopic (exact) mass is 400 g/mol. The number of carbonyl (C=O) groups is 2. The Kier molecular flexibility index (Phi) is 5.61. The van der Waals surface area contributed by atoms with E-state index in [0.29, 0.717) is 0 Å². The Bertz CT molecular complexity index is 746. The van der Waals surface area contributed by atoms with E-state index in [0.717, 1.165) is 10.0 Å². The third kappa shape index (κ3) is 5.38. The minimum Gasteiger partial charge on any atom is -0.326 e. The number of hydrogen-bond acceptors (Lipinski definition) is 2. The quantitative estimate of drug-likeness (QED) is 0.810. The van der Waals surface area contributed by atoms with Crippen molar-refractivity contribution in [2.24, 2.45) is 0 Å². The molecule has 0 atom stereocenters. The van der Waals surface area contributed by atoms with E-state index in [4.69, 9.17) is 0 Å². The second kappa shape index (κ2) is 7.48. The van der Waals surface area contributed by atoms with Gasteiger partial charge in [0.15, 0.2) is 0 Å². The molecule has 2 aromatic rings. The van der Waals surface area contributed by atoms with Gasteiger partial charge < -0.3 is 10.6 Å². The Hall–Kier alpha value is -2.35. The summed E-state index contributed by atoms with van der Waals surface area (Å²) < 4.78 is 37.6. The van der Waals surface area contributed by atoms with E-state index in [2.05, 4.69) is 21.2 Å². The van der Waals surface area contributed by atoms with E-state index in [9.17, 15) is 22.8 Å². The average molecular weight is 401 g/mol. The number of hydrogen-bond donors (Lipinski definition) is 2. The summed E-state index contributed by atoms with van der Waals surface area (Å²) >= 11 is 3.29. The zero-order valence-electron chi connectivity index (χ0n) is 12.2. The maximum atomic E-state index is 12.2. The minimum atomic E-state index is -4.97. The van der Waals surface area contributed by atoms with Gasteiger partial charge in [-0.3, -0.25) is 9.59 Å². The second-order valence-corrected chi connectivity index (χ2v) is 5.80. The standard InChI is InChI=1S/C16H12BrF3N2O2/c17-11-6-4-10(5-7-11)8-14(23)21-12-2-1-3-13(9-12)22-15(24)16(18,19)20/h1-7,9H,8H2,(H,21,23)(H,22,24). The number of rotatable bonds is 4. The van der Waals surface area contributed by atoms with Crippen LogP contribution in [-0.4, -0.2) is 18.0 Å². The zero-order valence-corrected chi connectivity index (χ0v) is 13.7. The highest BCUT2D eigenvalue weighted by Crippen LogP contribution is 2.20. The van der Waals surface area contributed by atoms with Crippen LogP contribution >= 0.6 is 15.9 Å². The number of nitrogens with one attached hydrogen (secondary N) is 2. The van der Waals surface area contributed by atoms with Crippen LogP contribution in [0, 0.1) is 0 Å². The van der Waals surface area contributed by atoms with Crippen molar-refractivity contribution in [3.63, 3.8) is 0 Å². The number of carbonyl (C=O) groups excluding carboxylic acids is 2. The topological polar surface area (TPSA) is 58.2 Å². The van der Waals surface area contributed by atoms with Crippen LogP contribution in [0.3, 0.4) is 0 Å². The van der Waals surface area contributed by atoms with Crippen molar-refractivity contribution >= 4 is 39.1 Å². The molecule has 0 bridgehead atoms. The molecular weight excluding hydrogens is 389 g/mol. The molecule has 0 aliphatic heterocycles. The van der Waals surface area contributed by atoms with Crippen LogP contribution in [0.25, 0.3) is 0 Å².